The van der Waals surface area contributed by atoms with Gasteiger partial charge in [-0.1, -0.05) is 30.7 Å². The van der Waals surface area contributed by atoms with Crippen LogP contribution < -0.4 is 4.74 Å². The third-order valence-corrected chi connectivity index (χ3v) is 5.37. The smallest absolute Gasteiger partial charge is 0.295 e. The summed E-state index contributed by atoms with van der Waals surface area (Å²) in [6, 6.07) is 13.1. The lowest BCUT2D eigenvalue weighted by Gasteiger charge is -2.26. The number of rotatable bonds is 8. The number of halogens is 1. The molecule has 3 rings (SSSR count). The van der Waals surface area contributed by atoms with Gasteiger partial charge in [-0.05, 0) is 62.5 Å². The van der Waals surface area contributed by atoms with E-state index in [2.05, 4.69) is 0 Å². The van der Waals surface area contributed by atoms with Crippen LogP contribution in [0.4, 0.5) is 0 Å². The summed E-state index contributed by atoms with van der Waals surface area (Å²) < 4.78 is 5.65. The number of ether oxygens (including phenoxy) is 1. The molecule has 1 fully saturated rings. The first-order chi connectivity index (χ1) is 14.8. The molecule has 2 aromatic rings. The zero-order valence-corrected chi connectivity index (χ0v) is 18.7. The Bertz CT molecular complexity index is 968. The third kappa shape index (κ3) is 5.09. The fourth-order valence-corrected chi connectivity index (χ4v) is 3.62. The van der Waals surface area contributed by atoms with E-state index in [1.807, 2.05) is 50.2 Å². The minimum absolute atomic E-state index is 0.0771. The number of aliphatic hydroxyl groups excluding tert-OH is 1. The van der Waals surface area contributed by atoms with Crippen LogP contribution >= 0.6 is 11.6 Å². The molecule has 0 aliphatic carbocycles. The Kier molecular flexibility index (Phi) is 7.36. The summed E-state index contributed by atoms with van der Waals surface area (Å²) in [6.45, 7) is 3.58. The van der Waals surface area contributed by atoms with Crippen molar-refractivity contribution in [2.45, 2.75) is 19.4 Å². The maximum absolute atomic E-state index is 13.0. The summed E-state index contributed by atoms with van der Waals surface area (Å²) in [6.07, 6.45) is 0.896. The van der Waals surface area contributed by atoms with Gasteiger partial charge in [0.15, 0.2) is 0 Å². The number of aliphatic hydroxyl groups is 1. The summed E-state index contributed by atoms with van der Waals surface area (Å²) in [4.78, 5) is 29.3. The number of nitrogens with zero attached hydrogens (tertiary/aromatic N) is 2. The molecular weight excluding hydrogens is 416 g/mol. The highest BCUT2D eigenvalue weighted by Gasteiger charge is 2.45. The van der Waals surface area contributed by atoms with Gasteiger partial charge in [-0.2, -0.15) is 0 Å². The molecule has 1 N–H and O–H groups in total. The number of carbonyl (C=O) groups is 2. The Morgan fingerprint density at radius 1 is 1.10 bits per heavy atom. The summed E-state index contributed by atoms with van der Waals surface area (Å²) in [7, 11) is 3.80. The number of hydrogen-bond acceptors (Lipinski definition) is 5. The molecule has 1 heterocycles. The van der Waals surface area contributed by atoms with E-state index >= 15 is 0 Å². The summed E-state index contributed by atoms with van der Waals surface area (Å²) in [5.41, 5.74) is 1.24. The first-order valence-corrected chi connectivity index (χ1v) is 10.6. The van der Waals surface area contributed by atoms with Gasteiger partial charge in [0, 0.05) is 23.7 Å². The van der Waals surface area contributed by atoms with Crippen molar-refractivity contribution < 1.29 is 19.4 Å². The highest BCUT2D eigenvalue weighted by molar-refractivity contribution is 6.46. The highest BCUT2D eigenvalue weighted by Crippen LogP contribution is 2.39. The molecule has 0 bridgehead atoms. The Labute approximate surface area is 187 Å². The molecule has 1 saturated heterocycles. The molecule has 1 atom stereocenters. The normalized spacial score (nSPS) is 18.1. The van der Waals surface area contributed by atoms with Crippen molar-refractivity contribution in [3.63, 3.8) is 0 Å². The van der Waals surface area contributed by atoms with Gasteiger partial charge in [0.1, 0.15) is 11.5 Å². The molecule has 31 heavy (non-hydrogen) atoms. The van der Waals surface area contributed by atoms with Crippen molar-refractivity contribution in [3.8, 4) is 5.75 Å². The fourth-order valence-electron chi connectivity index (χ4n) is 3.49. The monoisotopic (exact) mass is 442 g/mol. The zero-order chi connectivity index (χ0) is 22.5. The molecule has 0 unspecified atom stereocenters. The van der Waals surface area contributed by atoms with E-state index in [0.717, 1.165) is 12.0 Å². The van der Waals surface area contributed by atoms with Crippen molar-refractivity contribution in [2.75, 3.05) is 33.8 Å². The van der Waals surface area contributed by atoms with E-state index in [1.54, 1.807) is 24.3 Å². The largest absolute Gasteiger partial charge is 0.507 e. The molecule has 1 aliphatic heterocycles. The molecule has 0 radical (unpaired) electrons. The molecule has 1 amide bonds. The van der Waals surface area contributed by atoms with Gasteiger partial charge in [0.25, 0.3) is 11.7 Å². The van der Waals surface area contributed by atoms with Crippen LogP contribution in [0.15, 0.2) is 54.1 Å². The number of likely N-dealkylation sites (tertiary alicyclic amines) is 1. The first-order valence-electron chi connectivity index (χ1n) is 10.2. The van der Waals surface area contributed by atoms with Gasteiger partial charge in [-0.15, -0.1) is 0 Å². The first kappa shape index (κ1) is 22.8. The van der Waals surface area contributed by atoms with E-state index in [9.17, 15) is 14.7 Å². The summed E-state index contributed by atoms with van der Waals surface area (Å²) in [5, 5.41) is 11.5. The lowest BCUT2D eigenvalue weighted by Crippen LogP contribution is -2.35. The van der Waals surface area contributed by atoms with Crippen molar-refractivity contribution in [1.29, 1.82) is 0 Å². The molecule has 1 aliphatic rings. The number of Topliss-reactive ketones (excluding diaryl/α,β-unsaturated/α-hetero) is 1. The second kappa shape index (κ2) is 9.98. The van der Waals surface area contributed by atoms with Crippen LogP contribution in [-0.2, 0) is 9.59 Å². The Hall–Kier alpha value is -2.83. The van der Waals surface area contributed by atoms with Crippen LogP contribution in [0.1, 0.15) is 30.5 Å². The minimum atomic E-state index is -0.692. The Morgan fingerprint density at radius 3 is 2.32 bits per heavy atom. The molecule has 2 aromatic carbocycles. The van der Waals surface area contributed by atoms with E-state index in [0.29, 0.717) is 36.0 Å². The molecule has 0 saturated carbocycles. The number of hydrogen-bond donors (Lipinski definition) is 1. The van der Waals surface area contributed by atoms with Gasteiger partial charge in [0.05, 0.1) is 18.2 Å². The number of carbonyl (C=O) groups excluding carboxylic acids is 2. The third-order valence-electron chi connectivity index (χ3n) is 5.11. The van der Waals surface area contributed by atoms with Crippen LogP contribution in [-0.4, -0.2) is 60.4 Å². The van der Waals surface area contributed by atoms with Gasteiger partial charge < -0.3 is 19.6 Å². The highest BCUT2D eigenvalue weighted by atomic mass is 35.5. The van der Waals surface area contributed by atoms with Gasteiger partial charge in [-0.3, -0.25) is 9.59 Å². The van der Waals surface area contributed by atoms with Crippen LogP contribution in [0.5, 0.6) is 5.75 Å². The van der Waals surface area contributed by atoms with Gasteiger partial charge >= 0.3 is 0 Å². The maximum Gasteiger partial charge on any atom is 0.295 e. The number of amides is 1. The molecule has 164 valence electrons. The van der Waals surface area contributed by atoms with Gasteiger partial charge in [-0.25, -0.2) is 0 Å². The quantitative estimate of drug-likeness (QED) is 0.378. The van der Waals surface area contributed by atoms with Crippen molar-refractivity contribution >= 4 is 29.1 Å². The predicted molar refractivity (Wildman–Crippen MR) is 121 cm³/mol. The number of benzene rings is 2. The predicted octanol–water partition coefficient (Wildman–Crippen LogP) is 4.11. The average Bonchev–Trinajstić information content (AvgIpc) is 3.01. The molecule has 0 spiro atoms. The Balaban J connectivity index is 2.06. The molecule has 7 heteroatoms. The van der Waals surface area contributed by atoms with Crippen molar-refractivity contribution in [3.05, 3.63) is 70.3 Å². The van der Waals surface area contributed by atoms with E-state index in [4.69, 9.17) is 16.3 Å². The SMILES string of the molecule is CCCOc1ccc([C@H]2C(=C(O)c3ccc(Cl)cc3)C(=O)C(=O)N2CCN(C)C)cc1. The lowest BCUT2D eigenvalue weighted by atomic mass is 9.95. The summed E-state index contributed by atoms with van der Waals surface area (Å²) in [5.74, 6) is -0.802. The average molecular weight is 443 g/mol. The van der Waals surface area contributed by atoms with Crippen LogP contribution in [0.3, 0.4) is 0 Å². The van der Waals surface area contributed by atoms with Crippen molar-refractivity contribution in [1.82, 2.24) is 9.80 Å². The number of likely N-dealkylation sites (N-methyl/N-ethyl adjacent to an activating group) is 1. The second-order valence-electron chi connectivity index (χ2n) is 7.72. The maximum atomic E-state index is 13.0. The number of ketones is 1. The van der Waals surface area contributed by atoms with E-state index in [1.165, 1.54) is 4.90 Å². The van der Waals surface area contributed by atoms with E-state index < -0.39 is 17.7 Å². The van der Waals surface area contributed by atoms with E-state index in [-0.39, 0.29) is 11.3 Å². The van der Waals surface area contributed by atoms with Crippen LogP contribution in [0.25, 0.3) is 5.76 Å². The van der Waals surface area contributed by atoms with Crippen LogP contribution in [0.2, 0.25) is 5.02 Å². The molecule has 0 aromatic heterocycles. The molecular formula is C24H27ClN2O4. The van der Waals surface area contributed by atoms with Gasteiger partial charge in [0.2, 0.25) is 0 Å². The topological polar surface area (TPSA) is 70.1 Å². The zero-order valence-electron chi connectivity index (χ0n) is 18.0. The molecule has 6 nitrogen and oxygen atoms in total. The van der Waals surface area contributed by atoms with Crippen LogP contribution in [0, 0.1) is 0 Å². The minimum Gasteiger partial charge on any atom is -0.507 e. The fraction of sp³-hybridized carbons (Fsp3) is 0.333. The van der Waals surface area contributed by atoms with Crippen molar-refractivity contribution in [2.24, 2.45) is 0 Å². The lowest BCUT2D eigenvalue weighted by molar-refractivity contribution is -0.140. The standard InChI is InChI=1S/C24H27ClN2O4/c1-4-15-31-19-11-7-16(8-12-19)21-20(22(28)17-5-9-18(25)10-6-17)23(29)24(30)27(21)14-13-26(2)3/h5-12,21,28H,4,13-15H2,1-3H3/t21-/m0/s1. The Morgan fingerprint density at radius 2 is 1.74 bits per heavy atom. The summed E-state index contributed by atoms with van der Waals surface area (Å²) >= 11 is 5.95. The second-order valence-corrected chi connectivity index (χ2v) is 8.16.